The number of ketones is 2. The van der Waals surface area contributed by atoms with E-state index < -0.39 is 5.41 Å². The maximum Gasteiger partial charge on any atom is 0.193 e. The molecule has 2 heteroatoms. The molecule has 0 unspecified atom stereocenters. The lowest BCUT2D eigenvalue weighted by molar-refractivity contribution is 0.0878. The van der Waals surface area contributed by atoms with Crippen molar-refractivity contribution in [3.63, 3.8) is 0 Å². The molecule has 0 fully saturated rings. The van der Waals surface area contributed by atoms with Gasteiger partial charge >= 0.3 is 0 Å². The van der Waals surface area contributed by atoms with Gasteiger partial charge in [-0.3, -0.25) is 9.59 Å². The number of hydrogen-bond acceptors (Lipinski definition) is 2. The third kappa shape index (κ3) is 1.64. The van der Waals surface area contributed by atoms with Crippen LogP contribution in [0.3, 0.4) is 0 Å². The lowest BCUT2D eigenvalue weighted by atomic mass is 9.77. The Morgan fingerprint density at radius 1 is 0.850 bits per heavy atom. The molecule has 20 heavy (non-hydrogen) atoms. The largest absolute Gasteiger partial charge is 0.293 e. The van der Waals surface area contributed by atoms with E-state index in [4.69, 9.17) is 0 Å². The third-order valence-corrected chi connectivity index (χ3v) is 4.22. The van der Waals surface area contributed by atoms with Crippen molar-refractivity contribution in [1.82, 2.24) is 0 Å². The summed E-state index contributed by atoms with van der Waals surface area (Å²) >= 11 is 0. The van der Waals surface area contributed by atoms with Gasteiger partial charge < -0.3 is 0 Å². The van der Waals surface area contributed by atoms with Crippen molar-refractivity contribution >= 4 is 11.6 Å². The van der Waals surface area contributed by atoms with Crippen LogP contribution in [0.15, 0.2) is 47.6 Å². The minimum atomic E-state index is -0.665. The van der Waals surface area contributed by atoms with Gasteiger partial charge in [-0.05, 0) is 19.4 Å². The Labute approximate surface area is 119 Å². The van der Waals surface area contributed by atoms with E-state index >= 15 is 0 Å². The average Bonchev–Trinajstić information content (AvgIpc) is 2.71. The number of Topliss-reactive ketones (excluding diaryl/α,β-unsaturated/α-hetero) is 2. The van der Waals surface area contributed by atoms with Crippen LogP contribution in [0.4, 0.5) is 0 Å². The topological polar surface area (TPSA) is 34.1 Å². The standard InChI is InChI=1S/C18H18O2/c1-17(2)9-13-14(10-17)18(3,4)16(20)12-8-6-5-7-11(12)15(13)19/h5-10H,1-4H3. The van der Waals surface area contributed by atoms with Crippen LogP contribution >= 0.6 is 0 Å². The highest BCUT2D eigenvalue weighted by Gasteiger charge is 2.44. The van der Waals surface area contributed by atoms with Crippen molar-refractivity contribution in [1.29, 1.82) is 0 Å². The van der Waals surface area contributed by atoms with Gasteiger partial charge in [0.1, 0.15) is 0 Å². The van der Waals surface area contributed by atoms with Crippen molar-refractivity contribution < 1.29 is 9.59 Å². The van der Waals surface area contributed by atoms with Crippen LogP contribution in [-0.2, 0) is 0 Å². The summed E-state index contributed by atoms with van der Waals surface area (Å²) in [7, 11) is 0. The van der Waals surface area contributed by atoms with E-state index in [1.165, 1.54) is 0 Å². The molecule has 2 aliphatic rings. The summed E-state index contributed by atoms with van der Waals surface area (Å²) in [5.74, 6) is -0.00912. The normalized spacial score (nSPS) is 22.6. The van der Waals surface area contributed by atoms with Crippen LogP contribution in [0.1, 0.15) is 48.4 Å². The Bertz CT molecular complexity index is 700. The number of hydrogen-bond donors (Lipinski definition) is 0. The minimum absolute atomic E-state index is 0.0220. The Morgan fingerprint density at radius 2 is 1.45 bits per heavy atom. The highest BCUT2D eigenvalue weighted by molar-refractivity contribution is 6.22. The van der Waals surface area contributed by atoms with Crippen LogP contribution in [0.25, 0.3) is 0 Å². The molecule has 3 rings (SSSR count). The van der Waals surface area contributed by atoms with Crippen molar-refractivity contribution in [2.75, 3.05) is 0 Å². The number of rotatable bonds is 0. The molecule has 0 radical (unpaired) electrons. The summed E-state index contributed by atoms with van der Waals surface area (Å²) in [6.07, 6.45) is 4.05. The number of fused-ring (bicyclic) bond motifs is 2. The van der Waals surface area contributed by atoms with Crippen molar-refractivity contribution in [3.05, 3.63) is 58.7 Å². The van der Waals surface area contributed by atoms with E-state index in [9.17, 15) is 9.59 Å². The smallest absolute Gasteiger partial charge is 0.193 e. The summed E-state index contributed by atoms with van der Waals surface area (Å²) in [4.78, 5) is 25.6. The molecule has 0 N–H and O–H groups in total. The molecule has 0 aliphatic heterocycles. The van der Waals surface area contributed by atoms with Gasteiger partial charge in [0.25, 0.3) is 0 Å². The van der Waals surface area contributed by atoms with E-state index in [-0.39, 0.29) is 17.0 Å². The minimum Gasteiger partial charge on any atom is -0.293 e. The van der Waals surface area contributed by atoms with Gasteiger partial charge in [-0.25, -0.2) is 0 Å². The van der Waals surface area contributed by atoms with Gasteiger partial charge in [0.15, 0.2) is 11.6 Å². The fourth-order valence-corrected chi connectivity index (χ4v) is 3.13. The van der Waals surface area contributed by atoms with E-state index in [2.05, 4.69) is 19.9 Å². The molecule has 1 aromatic carbocycles. The summed E-state index contributed by atoms with van der Waals surface area (Å²) < 4.78 is 0. The number of allylic oxidation sites excluding steroid dienone is 4. The molecular weight excluding hydrogens is 248 g/mol. The van der Waals surface area contributed by atoms with Crippen LogP contribution in [-0.4, -0.2) is 11.6 Å². The average molecular weight is 266 g/mol. The van der Waals surface area contributed by atoms with Crippen LogP contribution in [0.2, 0.25) is 0 Å². The van der Waals surface area contributed by atoms with Gasteiger partial charge in [0.2, 0.25) is 0 Å². The van der Waals surface area contributed by atoms with Crippen LogP contribution < -0.4 is 0 Å². The monoisotopic (exact) mass is 266 g/mol. The summed E-state index contributed by atoms with van der Waals surface area (Å²) in [5, 5.41) is 0. The Hall–Kier alpha value is -1.96. The number of benzene rings is 1. The zero-order valence-corrected chi connectivity index (χ0v) is 12.3. The first kappa shape index (κ1) is 13.0. The first-order valence-electron chi connectivity index (χ1n) is 6.89. The zero-order chi connectivity index (χ0) is 14.7. The van der Waals surface area contributed by atoms with Gasteiger partial charge in [-0.15, -0.1) is 0 Å². The number of carbonyl (C=O) groups is 2. The van der Waals surface area contributed by atoms with E-state index in [0.717, 1.165) is 5.57 Å². The van der Waals surface area contributed by atoms with Crippen LogP contribution in [0, 0.1) is 10.8 Å². The van der Waals surface area contributed by atoms with Crippen molar-refractivity contribution in [3.8, 4) is 0 Å². The second kappa shape index (κ2) is 3.78. The molecule has 2 nitrogen and oxygen atoms in total. The molecule has 102 valence electrons. The SMILES string of the molecule is CC1(C)C=C2C(=O)c3ccccc3C(=O)C(C)(C)C2=C1. The predicted molar refractivity (Wildman–Crippen MR) is 78.8 cm³/mol. The van der Waals surface area contributed by atoms with E-state index in [1.54, 1.807) is 12.1 Å². The fourth-order valence-electron chi connectivity index (χ4n) is 3.13. The molecular formula is C18H18O2. The predicted octanol–water partition coefficient (Wildman–Crippen LogP) is 3.98. The quantitative estimate of drug-likeness (QED) is 0.711. The second-order valence-electron chi connectivity index (χ2n) is 6.77. The second-order valence-corrected chi connectivity index (χ2v) is 6.77. The molecule has 0 aromatic heterocycles. The molecule has 1 aromatic rings. The molecule has 0 amide bonds. The third-order valence-electron chi connectivity index (χ3n) is 4.22. The van der Waals surface area contributed by atoms with Gasteiger partial charge in [0.05, 0.1) is 5.41 Å². The Morgan fingerprint density at radius 3 is 2.10 bits per heavy atom. The molecule has 0 saturated heterocycles. The molecule has 0 spiro atoms. The van der Waals surface area contributed by atoms with Gasteiger partial charge in [-0.2, -0.15) is 0 Å². The van der Waals surface area contributed by atoms with Gasteiger partial charge in [0, 0.05) is 22.1 Å². The molecule has 0 saturated carbocycles. The van der Waals surface area contributed by atoms with Crippen molar-refractivity contribution in [2.24, 2.45) is 10.8 Å². The van der Waals surface area contributed by atoms with E-state index in [1.807, 2.05) is 32.1 Å². The number of carbonyl (C=O) groups excluding carboxylic acids is 2. The van der Waals surface area contributed by atoms with Crippen LogP contribution in [0.5, 0.6) is 0 Å². The molecule has 2 aliphatic carbocycles. The highest BCUT2D eigenvalue weighted by Crippen LogP contribution is 2.47. The maximum atomic E-state index is 12.8. The fraction of sp³-hybridized carbons (Fsp3) is 0.333. The first-order chi connectivity index (χ1) is 9.24. The Kier molecular flexibility index (Phi) is 2.47. The molecule has 0 atom stereocenters. The summed E-state index contributed by atoms with van der Waals surface area (Å²) in [6, 6.07) is 7.13. The summed E-state index contributed by atoms with van der Waals surface area (Å²) in [5.41, 5.74) is 1.79. The lowest BCUT2D eigenvalue weighted by Crippen LogP contribution is -2.26. The lowest BCUT2D eigenvalue weighted by Gasteiger charge is -2.24. The van der Waals surface area contributed by atoms with Crippen molar-refractivity contribution in [2.45, 2.75) is 27.7 Å². The summed E-state index contributed by atoms with van der Waals surface area (Å²) in [6.45, 7) is 7.93. The van der Waals surface area contributed by atoms with E-state index in [0.29, 0.717) is 16.7 Å². The van der Waals surface area contributed by atoms with Gasteiger partial charge in [-0.1, -0.05) is 50.3 Å². The molecule has 0 heterocycles. The highest BCUT2D eigenvalue weighted by atomic mass is 16.1. The molecule has 0 bridgehead atoms. The Balaban J connectivity index is 2.35. The maximum absolute atomic E-state index is 12.8. The zero-order valence-electron chi connectivity index (χ0n) is 12.3. The first-order valence-corrected chi connectivity index (χ1v) is 6.89.